The molecule has 5 heteroatoms. The largest absolute Gasteiger partial charge is 0.325 e. The van der Waals surface area contributed by atoms with Crippen molar-refractivity contribution in [3.05, 3.63) is 65.7 Å². The summed E-state index contributed by atoms with van der Waals surface area (Å²) in [5.74, 6) is 0.350. The number of anilines is 1. The molecule has 0 radical (unpaired) electrons. The number of benzene rings is 2. The highest BCUT2D eigenvalue weighted by molar-refractivity contribution is 8.01. The number of hydrogen-bond donors (Lipinski definition) is 1. The van der Waals surface area contributed by atoms with Gasteiger partial charge in [0.15, 0.2) is 4.34 Å². The van der Waals surface area contributed by atoms with E-state index < -0.39 is 0 Å². The number of amides is 1. The second-order valence-corrected chi connectivity index (χ2v) is 7.12. The third-order valence-corrected chi connectivity index (χ3v) is 5.34. The number of nitrogens with one attached hydrogen (secondary N) is 1. The first kappa shape index (κ1) is 15.8. The van der Waals surface area contributed by atoms with Crippen molar-refractivity contribution in [3.63, 3.8) is 0 Å². The van der Waals surface area contributed by atoms with Crippen molar-refractivity contribution in [1.29, 1.82) is 0 Å². The number of aromatic nitrogens is 1. The second kappa shape index (κ2) is 7.44. The van der Waals surface area contributed by atoms with Gasteiger partial charge in [0.1, 0.15) is 0 Å². The van der Waals surface area contributed by atoms with Crippen LogP contribution in [0.5, 0.6) is 0 Å². The van der Waals surface area contributed by atoms with Crippen LogP contribution in [0.1, 0.15) is 5.69 Å². The lowest BCUT2D eigenvalue weighted by atomic mass is 10.1. The van der Waals surface area contributed by atoms with E-state index in [1.54, 1.807) is 11.3 Å². The van der Waals surface area contributed by atoms with Gasteiger partial charge in [0.2, 0.25) is 5.91 Å². The summed E-state index contributed by atoms with van der Waals surface area (Å²) in [6, 6.07) is 18.1. The zero-order chi connectivity index (χ0) is 16.1. The van der Waals surface area contributed by atoms with E-state index in [2.05, 4.69) is 22.4 Å². The molecule has 0 fully saturated rings. The molecule has 1 aromatic heterocycles. The van der Waals surface area contributed by atoms with Gasteiger partial charge in [0, 0.05) is 16.8 Å². The summed E-state index contributed by atoms with van der Waals surface area (Å²) in [5, 5.41) is 4.90. The number of carbonyl (C=O) groups excluding carboxylic acids is 1. The molecule has 116 valence electrons. The third-order valence-electron chi connectivity index (χ3n) is 3.20. The van der Waals surface area contributed by atoms with Crippen LogP contribution in [0.15, 0.2) is 64.3 Å². The number of thioether (sulfide) groups is 1. The molecule has 0 saturated carbocycles. The quantitative estimate of drug-likeness (QED) is 0.675. The highest BCUT2D eigenvalue weighted by Crippen LogP contribution is 2.23. The Balaban J connectivity index is 1.56. The van der Waals surface area contributed by atoms with Crippen LogP contribution in [0.25, 0.3) is 11.1 Å². The fraction of sp³-hybridized carbons (Fsp3) is 0.111. The molecule has 2 aromatic carbocycles. The minimum absolute atomic E-state index is 0.0182. The maximum Gasteiger partial charge on any atom is 0.234 e. The summed E-state index contributed by atoms with van der Waals surface area (Å²) in [6.07, 6.45) is 0. The topological polar surface area (TPSA) is 42.0 Å². The van der Waals surface area contributed by atoms with Crippen LogP contribution < -0.4 is 5.32 Å². The Labute approximate surface area is 143 Å². The lowest BCUT2D eigenvalue weighted by Gasteiger charge is -2.06. The van der Waals surface area contributed by atoms with E-state index in [0.29, 0.717) is 5.75 Å². The van der Waals surface area contributed by atoms with Gasteiger partial charge in [-0.15, -0.1) is 11.3 Å². The van der Waals surface area contributed by atoms with E-state index >= 15 is 0 Å². The fourth-order valence-corrected chi connectivity index (χ4v) is 3.75. The first-order valence-electron chi connectivity index (χ1n) is 7.21. The molecule has 0 aliphatic rings. The zero-order valence-electron chi connectivity index (χ0n) is 12.7. The highest BCUT2D eigenvalue weighted by Gasteiger charge is 2.06. The van der Waals surface area contributed by atoms with Crippen LogP contribution in [-0.2, 0) is 4.79 Å². The Kier molecular flexibility index (Phi) is 5.10. The molecule has 1 N–H and O–H groups in total. The molecule has 1 amide bonds. The molecule has 3 nitrogen and oxygen atoms in total. The molecule has 0 saturated heterocycles. The SMILES string of the molecule is Cc1csc(SCC(=O)Nc2ccc(-c3ccccc3)cc2)n1. The number of hydrogen-bond acceptors (Lipinski definition) is 4. The number of carbonyl (C=O) groups is 1. The maximum atomic E-state index is 12.0. The molecular weight excluding hydrogens is 324 g/mol. The Hall–Kier alpha value is -2.11. The monoisotopic (exact) mass is 340 g/mol. The second-order valence-electron chi connectivity index (χ2n) is 5.04. The van der Waals surface area contributed by atoms with E-state index in [9.17, 15) is 4.79 Å². The number of aryl methyl sites for hydroxylation is 1. The first-order valence-corrected chi connectivity index (χ1v) is 9.07. The molecule has 0 aliphatic carbocycles. The molecule has 3 rings (SSSR count). The Morgan fingerprint density at radius 3 is 2.43 bits per heavy atom. The van der Waals surface area contributed by atoms with Crippen LogP contribution in [0.4, 0.5) is 5.69 Å². The predicted octanol–water partition coefficient (Wildman–Crippen LogP) is 4.85. The molecule has 0 spiro atoms. The van der Waals surface area contributed by atoms with Crippen molar-refractivity contribution in [2.75, 3.05) is 11.1 Å². The molecule has 0 bridgehead atoms. The van der Waals surface area contributed by atoms with Crippen molar-refractivity contribution < 1.29 is 4.79 Å². The fourth-order valence-electron chi connectivity index (χ4n) is 2.10. The van der Waals surface area contributed by atoms with E-state index in [1.807, 2.05) is 54.8 Å². The van der Waals surface area contributed by atoms with E-state index in [1.165, 1.54) is 17.3 Å². The molecule has 23 heavy (non-hydrogen) atoms. The molecule has 0 unspecified atom stereocenters. The van der Waals surface area contributed by atoms with Gasteiger partial charge in [-0.1, -0.05) is 54.2 Å². The molecular formula is C18H16N2OS2. The van der Waals surface area contributed by atoms with E-state index in [4.69, 9.17) is 0 Å². The van der Waals surface area contributed by atoms with E-state index in [0.717, 1.165) is 21.3 Å². The van der Waals surface area contributed by atoms with Gasteiger partial charge in [-0.25, -0.2) is 4.98 Å². The van der Waals surface area contributed by atoms with Gasteiger partial charge < -0.3 is 5.32 Å². The summed E-state index contributed by atoms with van der Waals surface area (Å²) < 4.78 is 0.928. The number of nitrogens with zero attached hydrogens (tertiary/aromatic N) is 1. The molecule has 0 atom stereocenters. The van der Waals surface area contributed by atoms with Crippen molar-refractivity contribution in [3.8, 4) is 11.1 Å². The standard InChI is InChI=1S/C18H16N2OS2/c1-13-11-22-18(19-13)23-12-17(21)20-16-9-7-15(8-10-16)14-5-3-2-4-6-14/h2-11H,12H2,1H3,(H,20,21). The van der Waals surface area contributed by atoms with Crippen LogP contribution in [0, 0.1) is 6.92 Å². The maximum absolute atomic E-state index is 12.0. The minimum Gasteiger partial charge on any atom is -0.325 e. The minimum atomic E-state index is -0.0182. The van der Waals surface area contributed by atoms with Crippen LogP contribution >= 0.6 is 23.1 Å². The molecule has 1 heterocycles. The Bertz CT molecular complexity index is 782. The molecule has 0 aliphatic heterocycles. The summed E-state index contributed by atoms with van der Waals surface area (Å²) in [6.45, 7) is 1.95. The van der Waals surface area contributed by atoms with Crippen LogP contribution in [-0.4, -0.2) is 16.6 Å². The molecule has 3 aromatic rings. The van der Waals surface area contributed by atoms with Gasteiger partial charge in [-0.05, 0) is 30.2 Å². The highest BCUT2D eigenvalue weighted by atomic mass is 32.2. The van der Waals surface area contributed by atoms with Crippen LogP contribution in [0.2, 0.25) is 0 Å². The Morgan fingerprint density at radius 2 is 1.78 bits per heavy atom. The summed E-state index contributed by atoms with van der Waals surface area (Å²) in [5.41, 5.74) is 4.11. The number of rotatable bonds is 5. The third kappa shape index (κ3) is 4.43. The summed E-state index contributed by atoms with van der Waals surface area (Å²) >= 11 is 3.03. The van der Waals surface area contributed by atoms with Crippen molar-refractivity contribution in [1.82, 2.24) is 4.98 Å². The smallest absolute Gasteiger partial charge is 0.234 e. The van der Waals surface area contributed by atoms with Crippen molar-refractivity contribution in [2.24, 2.45) is 0 Å². The van der Waals surface area contributed by atoms with Gasteiger partial charge in [-0.3, -0.25) is 4.79 Å². The summed E-state index contributed by atoms with van der Waals surface area (Å²) in [7, 11) is 0. The summed E-state index contributed by atoms with van der Waals surface area (Å²) in [4.78, 5) is 16.3. The van der Waals surface area contributed by atoms with Gasteiger partial charge in [-0.2, -0.15) is 0 Å². The van der Waals surface area contributed by atoms with Gasteiger partial charge in [0.25, 0.3) is 0 Å². The van der Waals surface area contributed by atoms with E-state index in [-0.39, 0.29) is 5.91 Å². The van der Waals surface area contributed by atoms with Crippen LogP contribution in [0.3, 0.4) is 0 Å². The van der Waals surface area contributed by atoms with Gasteiger partial charge in [0.05, 0.1) is 5.75 Å². The average Bonchev–Trinajstić information content (AvgIpc) is 3.00. The normalized spacial score (nSPS) is 10.5. The van der Waals surface area contributed by atoms with Gasteiger partial charge >= 0.3 is 0 Å². The lowest BCUT2D eigenvalue weighted by molar-refractivity contribution is -0.113. The predicted molar refractivity (Wildman–Crippen MR) is 98.1 cm³/mol. The van der Waals surface area contributed by atoms with Crippen molar-refractivity contribution >= 4 is 34.7 Å². The average molecular weight is 340 g/mol. The van der Waals surface area contributed by atoms with Crippen molar-refractivity contribution in [2.45, 2.75) is 11.3 Å². The Morgan fingerprint density at radius 1 is 1.09 bits per heavy atom. The number of thiazole rings is 1. The lowest BCUT2D eigenvalue weighted by Crippen LogP contribution is -2.13. The first-order chi connectivity index (χ1) is 11.2. The zero-order valence-corrected chi connectivity index (χ0v) is 14.3.